The van der Waals surface area contributed by atoms with Crippen LogP contribution >= 0.6 is 34.2 Å². The van der Waals surface area contributed by atoms with Crippen LogP contribution in [0, 0.1) is 0 Å². The molecule has 5 heterocycles. The number of oxazole rings is 1. The fraction of sp³-hybridized carbons (Fsp3) is 0. The number of H-pyrrole nitrogens is 1. The molecular formula is C37H20N6OS3. The molecule has 5 aromatic carbocycles. The maximum atomic E-state index is 6.66. The number of imidazole rings is 1. The van der Waals surface area contributed by atoms with Gasteiger partial charge in [0.2, 0.25) is 5.89 Å². The first-order valence-electron chi connectivity index (χ1n) is 14.9. The summed E-state index contributed by atoms with van der Waals surface area (Å²) in [7, 11) is 0. The molecular weight excluding hydrogens is 641 g/mol. The fourth-order valence-electron chi connectivity index (χ4n) is 6.25. The second-order valence-corrected chi connectivity index (χ2v) is 13.8. The molecule has 47 heavy (non-hydrogen) atoms. The summed E-state index contributed by atoms with van der Waals surface area (Å²) in [6.45, 7) is 0. The minimum absolute atomic E-state index is 0.499. The number of fused-ring (bicyclic) bond motifs is 4. The fourth-order valence-corrected chi connectivity index (χ4v) is 8.62. The van der Waals surface area contributed by atoms with E-state index in [0.717, 1.165) is 86.1 Å². The van der Waals surface area contributed by atoms with Gasteiger partial charge in [0.15, 0.2) is 5.58 Å². The molecule has 5 aromatic heterocycles. The largest absolute Gasteiger partial charge is 0.436 e. The summed E-state index contributed by atoms with van der Waals surface area (Å²) >= 11 is 4.73. The van der Waals surface area contributed by atoms with Gasteiger partial charge in [-0.05, 0) is 77.1 Å². The number of aromatic nitrogens is 6. The van der Waals surface area contributed by atoms with Crippen molar-refractivity contribution in [3.8, 4) is 55.0 Å². The number of para-hydroxylation sites is 5. The molecule has 0 radical (unpaired) electrons. The predicted octanol–water partition coefficient (Wildman–Crippen LogP) is 10.7. The van der Waals surface area contributed by atoms with Crippen molar-refractivity contribution < 1.29 is 4.42 Å². The van der Waals surface area contributed by atoms with E-state index in [1.54, 1.807) is 22.7 Å². The number of thiazole rings is 1. The standard InChI is InChI=1S/C37H20N6OS3/c1-2-11-24-23(10-1)38-35(39-24)31-22(28-17-8-18-45-28)19-21(20-9-7-16-30-34(20)42-43-47-30)32(37-41-26-13-4-6-15-29(26)46-37)33(31)36-40-25-12-3-5-14-27(25)44-36/h1-19H,(H,38,39). The Hall–Kier alpha value is -5.55. The lowest BCUT2D eigenvalue weighted by atomic mass is 9.87. The van der Waals surface area contributed by atoms with Gasteiger partial charge < -0.3 is 9.40 Å². The summed E-state index contributed by atoms with van der Waals surface area (Å²) in [5.41, 5.74) is 10.7. The van der Waals surface area contributed by atoms with Gasteiger partial charge in [0.1, 0.15) is 21.9 Å². The molecule has 7 nitrogen and oxygen atoms in total. The first kappa shape index (κ1) is 26.6. The van der Waals surface area contributed by atoms with E-state index in [-0.39, 0.29) is 0 Å². The average Bonchev–Trinajstić information content (AvgIpc) is 3.95. The predicted molar refractivity (Wildman–Crippen MR) is 193 cm³/mol. The first-order valence-corrected chi connectivity index (χ1v) is 17.4. The van der Waals surface area contributed by atoms with Crippen LogP contribution in [0.3, 0.4) is 0 Å². The Morgan fingerprint density at radius 2 is 1.45 bits per heavy atom. The van der Waals surface area contributed by atoms with E-state index in [1.165, 1.54) is 11.5 Å². The third-order valence-electron chi connectivity index (χ3n) is 8.32. The minimum Gasteiger partial charge on any atom is -0.436 e. The lowest BCUT2D eigenvalue weighted by Crippen LogP contribution is -1.99. The maximum Gasteiger partial charge on any atom is 0.228 e. The zero-order chi connectivity index (χ0) is 30.9. The smallest absolute Gasteiger partial charge is 0.228 e. The van der Waals surface area contributed by atoms with Crippen LogP contribution in [0.5, 0.6) is 0 Å². The van der Waals surface area contributed by atoms with Gasteiger partial charge in [0.05, 0.1) is 31.5 Å². The Morgan fingerprint density at radius 1 is 0.617 bits per heavy atom. The number of nitrogens with zero attached hydrogens (tertiary/aromatic N) is 5. The molecule has 10 heteroatoms. The lowest BCUT2D eigenvalue weighted by molar-refractivity contribution is 0.620. The summed E-state index contributed by atoms with van der Waals surface area (Å²) in [5, 5.41) is 7.56. The molecule has 0 aliphatic carbocycles. The van der Waals surface area contributed by atoms with Gasteiger partial charge in [-0.15, -0.1) is 27.8 Å². The van der Waals surface area contributed by atoms with E-state index in [4.69, 9.17) is 19.4 Å². The molecule has 0 spiro atoms. The number of hydrogen-bond donors (Lipinski definition) is 1. The molecule has 10 rings (SSSR count). The van der Waals surface area contributed by atoms with Crippen LogP contribution in [0.25, 0.3) is 97.5 Å². The monoisotopic (exact) mass is 660 g/mol. The Kier molecular flexibility index (Phi) is 5.95. The van der Waals surface area contributed by atoms with Crippen molar-refractivity contribution >= 4 is 76.8 Å². The molecule has 222 valence electrons. The second kappa shape index (κ2) is 10.5. The number of nitrogens with one attached hydrogen (secondary N) is 1. The minimum atomic E-state index is 0.499. The van der Waals surface area contributed by atoms with E-state index in [9.17, 15) is 0 Å². The van der Waals surface area contributed by atoms with E-state index in [2.05, 4.69) is 74.5 Å². The van der Waals surface area contributed by atoms with Gasteiger partial charge in [-0.25, -0.2) is 15.0 Å². The summed E-state index contributed by atoms with van der Waals surface area (Å²) in [4.78, 5) is 20.2. The van der Waals surface area contributed by atoms with Gasteiger partial charge in [-0.2, -0.15) is 0 Å². The second-order valence-electron chi connectivity index (χ2n) is 11.1. The van der Waals surface area contributed by atoms with Gasteiger partial charge in [0.25, 0.3) is 0 Å². The van der Waals surface area contributed by atoms with Crippen LogP contribution in [0.2, 0.25) is 0 Å². The third kappa shape index (κ3) is 4.26. The van der Waals surface area contributed by atoms with Crippen LogP contribution in [0.15, 0.2) is 119 Å². The summed E-state index contributed by atoms with van der Waals surface area (Å²) in [5.74, 6) is 1.23. The molecule has 0 bridgehead atoms. The summed E-state index contributed by atoms with van der Waals surface area (Å²) in [6.07, 6.45) is 0. The van der Waals surface area contributed by atoms with Crippen molar-refractivity contribution in [1.82, 2.24) is 29.5 Å². The lowest BCUT2D eigenvalue weighted by Gasteiger charge is -2.19. The van der Waals surface area contributed by atoms with Crippen molar-refractivity contribution in [3.63, 3.8) is 0 Å². The normalized spacial score (nSPS) is 11.8. The summed E-state index contributed by atoms with van der Waals surface area (Å²) < 4.78 is 13.1. The zero-order valence-corrected chi connectivity index (χ0v) is 26.8. The Labute approximate surface area is 279 Å². The number of rotatable bonds is 5. The molecule has 0 unspecified atom stereocenters. The van der Waals surface area contributed by atoms with Crippen LogP contribution in [-0.2, 0) is 0 Å². The van der Waals surface area contributed by atoms with Gasteiger partial charge in [-0.1, -0.05) is 59.1 Å². The van der Waals surface area contributed by atoms with Gasteiger partial charge >= 0.3 is 0 Å². The highest BCUT2D eigenvalue weighted by atomic mass is 32.1. The molecule has 1 N–H and O–H groups in total. The van der Waals surface area contributed by atoms with Gasteiger partial charge in [0, 0.05) is 27.1 Å². The molecule has 0 amide bonds. The Balaban J connectivity index is 1.44. The van der Waals surface area contributed by atoms with Gasteiger partial charge in [-0.3, -0.25) is 0 Å². The Bertz CT molecular complexity index is 2670. The van der Waals surface area contributed by atoms with Crippen molar-refractivity contribution in [2.24, 2.45) is 0 Å². The number of thiophene rings is 1. The number of benzene rings is 5. The molecule has 0 saturated heterocycles. The Morgan fingerprint density at radius 3 is 2.30 bits per heavy atom. The maximum absolute atomic E-state index is 6.66. The molecule has 0 atom stereocenters. The van der Waals surface area contributed by atoms with E-state index < -0.39 is 0 Å². The van der Waals surface area contributed by atoms with Crippen LogP contribution in [0.1, 0.15) is 0 Å². The molecule has 0 saturated carbocycles. The van der Waals surface area contributed by atoms with Crippen molar-refractivity contribution in [2.75, 3.05) is 0 Å². The highest BCUT2D eigenvalue weighted by Crippen LogP contribution is 2.52. The highest BCUT2D eigenvalue weighted by Gasteiger charge is 2.30. The molecule has 10 aromatic rings. The topological polar surface area (TPSA) is 93.4 Å². The van der Waals surface area contributed by atoms with E-state index >= 15 is 0 Å². The van der Waals surface area contributed by atoms with Crippen LogP contribution < -0.4 is 0 Å². The van der Waals surface area contributed by atoms with Crippen molar-refractivity contribution in [2.45, 2.75) is 0 Å². The molecule has 0 aliphatic rings. The zero-order valence-electron chi connectivity index (χ0n) is 24.3. The molecule has 0 fully saturated rings. The average molecular weight is 661 g/mol. The quantitative estimate of drug-likeness (QED) is 0.197. The van der Waals surface area contributed by atoms with Crippen LogP contribution in [-0.4, -0.2) is 29.5 Å². The van der Waals surface area contributed by atoms with E-state index in [0.29, 0.717) is 11.5 Å². The summed E-state index contributed by atoms with van der Waals surface area (Å²) in [6, 6.07) is 36.9. The third-order valence-corrected chi connectivity index (χ3v) is 11.0. The SMILES string of the molecule is c1csc(-c2cc(-c3cccc4snnc34)c(-c3nc4ccccc4s3)c(-c3nc4ccccc4o3)c2-c2nc3ccccc3[nH]2)c1. The van der Waals surface area contributed by atoms with Crippen molar-refractivity contribution in [1.29, 1.82) is 0 Å². The highest BCUT2D eigenvalue weighted by molar-refractivity contribution is 7.21. The van der Waals surface area contributed by atoms with Crippen molar-refractivity contribution in [3.05, 3.63) is 115 Å². The number of aromatic amines is 1. The number of hydrogen-bond acceptors (Lipinski definition) is 9. The van der Waals surface area contributed by atoms with Crippen LogP contribution in [0.4, 0.5) is 0 Å². The van der Waals surface area contributed by atoms with E-state index in [1.807, 2.05) is 54.6 Å². The first-order chi connectivity index (χ1) is 23.3. The molecule has 0 aliphatic heterocycles.